The lowest BCUT2D eigenvalue weighted by molar-refractivity contribution is -0.118. The number of hydrogen-bond acceptors (Lipinski definition) is 5. The summed E-state index contributed by atoms with van der Waals surface area (Å²) in [7, 11) is 0. The third kappa shape index (κ3) is 4.03. The molecule has 7 heteroatoms. The summed E-state index contributed by atoms with van der Waals surface area (Å²) in [4.78, 5) is 33.6. The zero-order valence-corrected chi connectivity index (χ0v) is 18.6. The van der Waals surface area contributed by atoms with Gasteiger partial charge in [-0.15, -0.1) is 11.3 Å². The van der Waals surface area contributed by atoms with Crippen LogP contribution in [0.2, 0.25) is 0 Å². The molecular weight excluding hydrogens is 422 g/mol. The van der Waals surface area contributed by atoms with E-state index in [-0.39, 0.29) is 18.3 Å². The molecular formula is C25H23N3O3S. The molecule has 0 bridgehead atoms. The van der Waals surface area contributed by atoms with Crippen molar-refractivity contribution >= 4 is 39.1 Å². The van der Waals surface area contributed by atoms with Crippen molar-refractivity contribution in [2.75, 3.05) is 11.9 Å². The van der Waals surface area contributed by atoms with Crippen molar-refractivity contribution in [3.05, 3.63) is 64.5 Å². The van der Waals surface area contributed by atoms with Crippen LogP contribution in [0.25, 0.3) is 22.4 Å². The molecule has 1 aliphatic rings. The number of anilines is 1. The predicted molar refractivity (Wildman–Crippen MR) is 127 cm³/mol. The summed E-state index contributed by atoms with van der Waals surface area (Å²) in [6.07, 6.45) is 4.33. The summed E-state index contributed by atoms with van der Waals surface area (Å²) in [5.74, 6) is 1.11. The Morgan fingerprint density at radius 2 is 1.88 bits per heavy atom. The lowest BCUT2D eigenvalue weighted by Gasteiger charge is -2.12. The first kappa shape index (κ1) is 20.5. The third-order valence-corrected chi connectivity index (χ3v) is 6.89. The number of nitrogens with one attached hydrogen (secondary N) is 2. The number of para-hydroxylation sites is 2. The van der Waals surface area contributed by atoms with Crippen LogP contribution in [0.5, 0.6) is 5.75 Å². The van der Waals surface area contributed by atoms with Crippen molar-refractivity contribution in [2.24, 2.45) is 0 Å². The number of carbonyl (C=O) groups excluding carboxylic acids is 2. The minimum atomic E-state index is -0.225. The Morgan fingerprint density at radius 3 is 2.66 bits per heavy atom. The molecule has 0 unspecified atom stereocenters. The van der Waals surface area contributed by atoms with Crippen LogP contribution in [0, 0.1) is 0 Å². The van der Waals surface area contributed by atoms with Gasteiger partial charge in [-0.05, 0) is 74.6 Å². The van der Waals surface area contributed by atoms with E-state index < -0.39 is 0 Å². The van der Waals surface area contributed by atoms with Gasteiger partial charge in [-0.2, -0.15) is 0 Å². The number of H-pyrrole nitrogens is 1. The number of hydrogen-bond donors (Lipinski definition) is 2. The lowest BCUT2D eigenvalue weighted by Crippen LogP contribution is -2.20. The van der Waals surface area contributed by atoms with Gasteiger partial charge in [0.1, 0.15) is 16.6 Å². The minimum absolute atomic E-state index is 0.00549. The van der Waals surface area contributed by atoms with Crippen LogP contribution in [0.4, 0.5) is 5.00 Å². The average Bonchev–Trinajstić information content (AvgIpc) is 3.38. The van der Waals surface area contributed by atoms with Gasteiger partial charge in [0, 0.05) is 10.4 Å². The van der Waals surface area contributed by atoms with Crippen LogP contribution in [-0.2, 0) is 17.6 Å². The Balaban J connectivity index is 1.37. The van der Waals surface area contributed by atoms with Gasteiger partial charge in [-0.25, -0.2) is 4.98 Å². The highest BCUT2D eigenvalue weighted by atomic mass is 32.1. The molecule has 0 aliphatic heterocycles. The molecule has 0 atom stereocenters. The highest BCUT2D eigenvalue weighted by Crippen LogP contribution is 2.43. The molecule has 0 fully saturated rings. The number of ketones is 1. The maximum atomic E-state index is 12.7. The van der Waals surface area contributed by atoms with Crippen LogP contribution in [0.15, 0.2) is 48.5 Å². The SMILES string of the molecule is CC(=O)c1ccc(OCC(=O)Nc2sc3c(c2-c2nc4ccccc4[nH]2)CCCC3)cc1. The van der Waals surface area contributed by atoms with E-state index >= 15 is 0 Å². The van der Waals surface area contributed by atoms with Gasteiger partial charge in [0.15, 0.2) is 12.4 Å². The molecule has 4 aromatic rings. The Kier molecular flexibility index (Phi) is 5.49. The van der Waals surface area contributed by atoms with Gasteiger partial charge in [0.05, 0.1) is 16.6 Å². The second-order valence-corrected chi connectivity index (χ2v) is 9.04. The Bertz CT molecular complexity index is 1270. The molecule has 6 nitrogen and oxygen atoms in total. The summed E-state index contributed by atoms with van der Waals surface area (Å²) < 4.78 is 5.63. The van der Waals surface area contributed by atoms with Crippen LogP contribution in [-0.4, -0.2) is 28.3 Å². The van der Waals surface area contributed by atoms with E-state index in [1.54, 1.807) is 35.6 Å². The molecule has 162 valence electrons. The number of aromatic amines is 1. The van der Waals surface area contributed by atoms with Crippen molar-refractivity contribution in [3.63, 3.8) is 0 Å². The molecule has 0 saturated heterocycles. The summed E-state index contributed by atoms with van der Waals surface area (Å²) in [6.45, 7) is 1.41. The van der Waals surface area contributed by atoms with Crippen molar-refractivity contribution in [1.82, 2.24) is 9.97 Å². The van der Waals surface area contributed by atoms with Gasteiger partial charge in [-0.1, -0.05) is 12.1 Å². The smallest absolute Gasteiger partial charge is 0.262 e. The molecule has 2 heterocycles. The second kappa shape index (κ2) is 8.59. The average molecular weight is 446 g/mol. The fraction of sp³-hybridized carbons (Fsp3) is 0.240. The molecule has 0 spiro atoms. The molecule has 2 aromatic carbocycles. The van der Waals surface area contributed by atoms with E-state index in [4.69, 9.17) is 9.72 Å². The Labute approximate surface area is 189 Å². The maximum Gasteiger partial charge on any atom is 0.262 e. The van der Waals surface area contributed by atoms with Crippen LogP contribution in [0.1, 0.15) is 40.6 Å². The number of Topliss-reactive ketones (excluding diaryl/α,β-unsaturated/α-hetero) is 1. The number of rotatable bonds is 6. The maximum absolute atomic E-state index is 12.7. The third-order valence-electron chi connectivity index (χ3n) is 5.68. The Hall–Kier alpha value is -3.45. The van der Waals surface area contributed by atoms with Gasteiger partial charge < -0.3 is 15.0 Å². The van der Waals surface area contributed by atoms with Gasteiger partial charge in [0.2, 0.25) is 0 Å². The highest BCUT2D eigenvalue weighted by molar-refractivity contribution is 7.17. The number of amides is 1. The summed E-state index contributed by atoms with van der Waals surface area (Å²) in [5, 5.41) is 3.87. The lowest BCUT2D eigenvalue weighted by atomic mass is 9.95. The van der Waals surface area contributed by atoms with E-state index in [9.17, 15) is 9.59 Å². The molecule has 1 amide bonds. The second-order valence-electron chi connectivity index (χ2n) is 7.93. The first-order valence-electron chi connectivity index (χ1n) is 10.7. The number of imidazole rings is 1. The molecule has 2 aromatic heterocycles. The standard InChI is InChI=1S/C25H23N3O3S/c1-15(29)16-10-12-17(13-11-16)31-14-22(30)28-25-23(18-6-2-5-9-21(18)32-25)24-26-19-7-3-4-8-20(19)27-24/h3-4,7-8,10-13H,2,5-6,9,14H2,1H3,(H,26,27)(H,28,30). The molecule has 1 aliphatic carbocycles. The number of benzene rings is 2. The monoisotopic (exact) mass is 445 g/mol. The zero-order valence-electron chi connectivity index (χ0n) is 17.7. The van der Waals surface area contributed by atoms with Crippen molar-refractivity contribution in [1.29, 1.82) is 0 Å². The number of fused-ring (bicyclic) bond motifs is 2. The van der Waals surface area contributed by atoms with Crippen molar-refractivity contribution in [3.8, 4) is 17.1 Å². The molecule has 32 heavy (non-hydrogen) atoms. The van der Waals surface area contributed by atoms with Crippen LogP contribution < -0.4 is 10.1 Å². The van der Waals surface area contributed by atoms with Gasteiger partial charge in [0.25, 0.3) is 5.91 Å². The van der Waals surface area contributed by atoms with E-state index in [2.05, 4.69) is 10.3 Å². The van der Waals surface area contributed by atoms with E-state index in [0.717, 1.165) is 46.7 Å². The van der Waals surface area contributed by atoms with Gasteiger partial charge in [-0.3, -0.25) is 9.59 Å². The molecule has 2 N–H and O–H groups in total. The van der Waals surface area contributed by atoms with E-state index in [0.29, 0.717) is 11.3 Å². The minimum Gasteiger partial charge on any atom is -0.484 e. The zero-order chi connectivity index (χ0) is 22.1. The van der Waals surface area contributed by atoms with Crippen molar-refractivity contribution < 1.29 is 14.3 Å². The molecule has 0 saturated carbocycles. The largest absolute Gasteiger partial charge is 0.484 e. The molecule has 5 rings (SSSR count). The normalized spacial score (nSPS) is 13.0. The quantitative estimate of drug-likeness (QED) is 0.390. The van der Waals surface area contributed by atoms with E-state index in [1.165, 1.54) is 23.8 Å². The van der Waals surface area contributed by atoms with E-state index in [1.807, 2.05) is 24.3 Å². The predicted octanol–water partition coefficient (Wildman–Crippen LogP) is 5.39. The topological polar surface area (TPSA) is 84.1 Å². The summed E-state index contributed by atoms with van der Waals surface area (Å²) >= 11 is 1.64. The highest BCUT2D eigenvalue weighted by Gasteiger charge is 2.25. The summed E-state index contributed by atoms with van der Waals surface area (Å²) in [5.41, 5.74) is 4.79. The fourth-order valence-electron chi connectivity index (χ4n) is 4.07. The van der Waals surface area contributed by atoms with Gasteiger partial charge >= 0.3 is 0 Å². The fourth-order valence-corrected chi connectivity index (χ4v) is 5.38. The number of ether oxygens (including phenoxy) is 1. The first-order valence-corrected chi connectivity index (χ1v) is 11.5. The van der Waals surface area contributed by atoms with Crippen LogP contribution in [0.3, 0.4) is 0 Å². The summed E-state index contributed by atoms with van der Waals surface area (Å²) in [6, 6.07) is 14.7. The van der Waals surface area contributed by atoms with Crippen LogP contribution >= 0.6 is 11.3 Å². The number of nitrogens with zero attached hydrogens (tertiary/aromatic N) is 1. The number of carbonyl (C=O) groups is 2. The number of thiophene rings is 1. The number of aromatic nitrogens is 2. The molecule has 0 radical (unpaired) electrons. The van der Waals surface area contributed by atoms with Crippen molar-refractivity contribution in [2.45, 2.75) is 32.6 Å². The number of aryl methyl sites for hydroxylation is 1. The first-order chi connectivity index (χ1) is 15.6. The Morgan fingerprint density at radius 1 is 1.09 bits per heavy atom.